The van der Waals surface area contributed by atoms with Crippen molar-refractivity contribution in [2.45, 2.75) is 20.4 Å². The second-order valence-electron chi connectivity index (χ2n) is 4.68. The third kappa shape index (κ3) is 4.19. The van der Waals surface area contributed by atoms with Crippen molar-refractivity contribution in [3.8, 4) is 0 Å². The Kier molecular flexibility index (Phi) is 5.59. The third-order valence-electron chi connectivity index (χ3n) is 3.35. The summed E-state index contributed by atoms with van der Waals surface area (Å²) in [5.41, 5.74) is 1.92. The summed E-state index contributed by atoms with van der Waals surface area (Å²) in [6.07, 6.45) is 0. The van der Waals surface area contributed by atoms with Crippen molar-refractivity contribution >= 4 is 27.5 Å². The van der Waals surface area contributed by atoms with Crippen molar-refractivity contribution in [3.63, 3.8) is 0 Å². The van der Waals surface area contributed by atoms with Gasteiger partial charge in [0.2, 0.25) is 0 Å². The zero-order valence-corrected chi connectivity index (χ0v) is 13.8. The van der Waals surface area contributed by atoms with Gasteiger partial charge in [0.1, 0.15) is 0 Å². The van der Waals surface area contributed by atoms with Crippen molar-refractivity contribution in [2.75, 3.05) is 18.4 Å². The van der Waals surface area contributed by atoms with Crippen LogP contribution in [-0.4, -0.2) is 23.9 Å². The van der Waals surface area contributed by atoms with Crippen molar-refractivity contribution in [1.29, 1.82) is 0 Å². The smallest absolute Gasteiger partial charge is 0.291 e. The highest BCUT2D eigenvalue weighted by Gasteiger charge is 2.13. The second kappa shape index (κ2) is 7.43. The van der Waals surface area contributed by atoms with Crippen molar-refractivity contribution in [1.82, 2.24) is 4.90 Å². The predicted molar refractivity (Wildman–Crippen MR) is 87.4 cm³/mol. The van der Waals surface area contributed by atoms with Crippen LogP contribution in [0.2, 0.25) is 0 Å². The SMILES string of the molecule is CCN(CC)Cc1ccccc1NC(=O)c1ccc(Br)o1. The van der Waals surface area contributed by atoms with Crippen LogP contribution in [0.4, 0.5) is 5.69 Å². The zero-order valence-electron chi connectivity index (χ0n) is 12.2. The topological polar surface area (TPSA) is 45.5 Å². The number of anilines is 1. The highest BCUT2D eigenvalue weighted by Crippen LogP contribution is 2.20. The first kappa shape index (κ1) is 15.8. The largest absolute Gasteiger partial charge is 0.444 e. The molecule has 1 aromatic carbocycles. The molecule has 1 N–H and O–H groups in total. The van der Waals surface area contributed by atoms with Crippen molar-refractivity contribution in [3.05, 3.63) is 52.4 Å². The van der Waals surface area contributed by atoms with Gasteiger partial charge in [0.05, 0.1) is 0 Å². The van der Waals surface area contributed by atoms with Gasteiger partial charge in [-0.15, -0.1) is 0 Å². The molecule has 0 fully saturated rings. The first-order valence-electron chi connectivity index (χ1n) is 7.01. The molecule has 1 aromatic heterocycles. The fourth-order valence-corrected chi connectivity index (χ4v) is 2.40. The minimum Gasteiger partial charge on any atom is -0.444 e. The van der Waals surface area contributed by atoms with Gasteiger partial charge < -0.3 is 9.73 Å². The monoisotopic (exact) mass is 350 g/mol. The van der Waals surface area contributed by atoms with Crippen molar-refractivity contribution in [2.24, 2.45) is 0 Å². The maximum absolute atomic E-state index is 12.2. The van der Waals surface area contributed by atoms with Gasteiger partial charge >= 0.3 is 0 Å². The van der Waals surface area contributed by atoms with Crippen molar-refractivity contribution < 1.29 is 9.21 Å². The Morgan fingerprint density at radius 1 is 1.19 bits per heavy atom. The Morgan fingerprint density at radius 3 is 2.52 bits per heavy atom. The second-order valence-corrected chi connectivity index (χ2v) is 5.46. The Morgan fingerprint density at radius 2 is 1.90 bits per heavy atom. The zero-order chi connectivity index (χ0) is 15.2. The van der Waals surface area contributed by atoms with E-state index >= 15 is 0 Å². The lowest BCUT2D eigenvalue weighted by Crippen LogP contribution is -2.23. The fourth-order valence-electron chi connectivity index (χ4n) is 2.09. The van der Waals surface area contributed by atoms with E-state index in [1.165, 1.54) is 0 Å². The maximum atomic E-state index is 12.2. The Bertz CT molecular complexity index is 606. The Balaban J connectivity index is 2.14. The molecule has 1 amide bonds. The van der Waals surface area contributed by atoms with Gasteiger partial charge in [-0.05, 0) is 52.8 Å². The van der Waals surface area contributed by atoms with Gasteiger partial charge in [0.25, 0.3) is 5.91 Å². The number of para-hydroxylation sites is 1. The van der Waals surface area contributed by atoms with Crippen LogP contribution in [0, 0.1) is 0 Å². The minimum absolute atomic E-state index is 0.243. The molecule has 1 heterocycles. The van der Waals surface area contributed by atoms with Gasteiger partial charge in [-0.25, -0.2) is 0 Å². The average Bonchev–Trinajstić information content (AvgIpc) is 2.93. The van der Waals surface area contributed by atoms with E-state index < -0.39 is 0 Å². The number of hydrogen-bond donors (Lipinski definition) is 1. The first-order valence-corrected chi connectivity index (χ1v) is 7.80. The number of amides is 1. The molecule has 0 saturated carbocycles. The van der Waals surface area contributed by atoms with Gasteiger partial charge in [-0.1, -0.05) is 32.0 Å². The molecule has 0 spiro atoms. The number of furan rings is 1. The van der Waals surface area contributed by atoms with Crippen LogP contribution in [-0.2, 0) is 6.54 Å². The Labute approximate surface area is 133 Å². The quantitative estimate of drug-likeness (QED) is 0.851. The maximum Gasteiger partial charge on any atom is 0.291 e. The van der Waals surface area contributed by atoms with Gasteiger partial charge in [-0.3, -0.25) is 9.69 Å². The van der Waals surface area contributed by atoms with Crippen LogP contribution in [0.1, 0.15) is 30.0 Å². The number of nitrogens with one attached hydrogen (secondary N) is 1. The number of halogens is 1. The number of carbonyl (C=O) groups excluding carboxylic acids is 1. The molecule has 2 aromatic rings. The number of nitrogens with zero attached hydrogens (tertiary/aromatic N) is 1. The molecule has 5 heteroatoms. The molecule has 2 rings (SSSR count). The Hall–Kier alpha value is -1.59. The number of benzene rings is 1. The highest BCUT2D eigenvalue weighted by molar-refractivity contribution is 9.10. The summed E-state index contributed by atoms with van der Waals surface area (Å²) in [6, 6.07) is 11.2. The van der Waals surface area contributed by atoms with E-state index in [2.05, 4.69) is 40.0 Å². The lowest BCUT2D eigenvalue weighted by molar-refractivity contribution is 0.0995. The molecule has 0 bridgehead atoms. The van der Waals surface area contributed by atoms with E-state index in [0.717, 1.165) is 30.9 Å². The van der Waals surface area contributed by atoms with E-state index in [0.29, 0.717) is 10.4 Å². The highest BCUT2D eigenvalue weighted by atomic mass is 79.9. The number of rotatable bonds is 6. The number of hydrogen-bond acceptors (Lipinski definition) is 3. The van der Waals surface area contributed by atoms with E-state index in [4.69, 9.17) is 4.42 Å². The van der Waals surface area contributed by atoms with Crippen LogP contribution in [0.3, 0.4) is 0 Å². The normalized spacial score (nSPS) is 10.9. The van der Waals surface area contributed by atoms with E-state index in [1.54, 1.807) is 12.1 Å². The van der Waals surface area contributed by atoms with Crippen LogP contribution in [0.15, 0.2) is 45.5 Å². The molecule has 0 saturated heterocycles. The summed E-state index contributed by atoms with van der Waals surface area (Å²) in [5.74, 6) is 0.0483. The van der Waals surface area contributed by atoms with Gasteiger partial charge in [-0.2, -0.15) is 0 Å². The molecule has 0 aliphatic rings. The molecule has 21 heavy (non-hydrogen) atoms. The van der Waals surface area contributed by atoms with Crippen LogP contribution >= 0.6 is 15.9 Å². The molecule has 0 aliphatic heterocycles. The van der Waals surface area contributed by atoms with Crippen LogP contribution < -0.4 is 5.32 Å². The molecule has 0 atom stereocenters. The lowest BCUT2D eigenvalue weighted by Gasteiger charge is -2.20. The summed E-state index contributed by atoms with van der Waals surface area (Å²) in [4.78, 5) is 14.5. The molecule has 0 radical (unpaired) electrons. The van der Waals surface area contributed by atoms with Crippen LogP contribution in [0.25, 0.3) is 0 Å². The first-order chi connectivity index (χ1) is 10.1. The molecule has 4 nitrogen and oxygen atoms in total. The third-order valence-corrected chi connectivity index (χ3v) is 3.78. The lowest BCUT2D eigenvalue weighted by atomic mass is 10.1. The summed E-state index contributed by atoms with van der Waals surface area (Å²) < 4.78 is 5.82. The summed E-state index contributed by atoms with van der Waals surface area (Å²) in [7, 11) is 0. The van der Waals surface area contributed by atoms with E-state index in [-0.39, 0.29) is 5.91 Å². The minimum atomic E-state index is -0.243. The standard InChI is InChI=1S/C16H19BrN2O2/c1-3-19(4-2)11-12-7-5-6-8-13(12)18-16(20)14-9-10-15(17)21-14/h5-10H,3-4,11H2,1-2H3,(H,18,20). The molecule has 112 valence electrons. The van der Waals surface area contributed by atoms with Gasteiger partial charge in [0, 0.05) is 12.2 Å². The molecule has 0 unspecified atom stereocenters. The summed E-state index contributed by atoms with van der Waals surface area (Å²) in [5, 5.41) is 2.91. The van der Waals surface area contributed by atoms with Crippen LogP contribution in [0.5, 0.6) is 0 Å². The fraction of sp³-hybridized carbons (Fsp3) is 0.312. The molecular weight excluding hydrogens is 332 g/mol. The predicted octanol–water partition coefficient (Wildman–Crippen LogP) is 4.14. The van der Waals surface area contributed by atoms with E-state index in [9.17, 15) is 4.79 Å². The summed E-state index contributed by atoms with van der Waals surface area (Å²) in [6.45, 7) is 7.02. The summed E-state index contributed by atoms with van der Waals surface area (Å²) >= 11 is 3.20. The average molecular weight is 351 g/mol. The number of carbonyl (C=O) groups is 1. The van der Waals surface area contributed by atoms with E-state index in [1.807, 2.05) is 24.3 Å². The molecular formula is C16H19BrN2O2. The molecule has 0 aliphatic carbocycles. The van der Waals surface area contributed by atoms with Gasteiger partial charge in [0.15, 0.2) is 10.4 Å².